The van der Waals surface area contributed by atoms with Crippen LogP contribution in [0.1, 0.15) is 23.2 Å². The van der Waals surface area contributed by atoms with Crippen LogP contribution in [0.5, 0.6) is 5.75 Å². The molecule has 0 aliphatic carbocycles. The zero-order valence-electron chi connectivity index (χ0n) is 14.9. The molecule has 1 fully saturated rings. The van der Waals surface area contributed by atoms with Crippen molar-refractivity contribution in [2.24, 2.45) is 5.92 Å². The van der Waals surface area contributed by atoms with Crippen LogP contribution in [0.15, 0.2) is 42.5 Å². The topological polar surface area (TPSA) is 58.6 Å². The molecule has 5 nitrogen and oxygen atoms in total. The van der Waals surface area contributed by atoms with Gasteiger partial charge in [-0.3, -0.25) is 9.59 Å². The quantitative estimate of drug-likeness (QED) is 0.813. The number of carbonyl (C=O) groups excluding carboxylic acids is 2. The molecule has 27 heavy (non-hydrogen) atoms. The van der Waals surface area contributed by atoms with E-state index in [1.165, 1.54) is 0 Å². The first-order valence-corrected chi connectivity index (χ1v) is 9.43. The third-order valence-corrected chi connectivity index (χ3v) is 5.42. The van der Waals surface area contributed by atoms with Crippen molar-refractivity contribution >= 4 is 40.7 Å². The van der Waals surface area contributed by atoms with Gasteiger partial charge < -0.3 is 15.0 Å². The SMILES string of the molecule is COc1ccc(C(=O)N2CCC(C(=O)Nc3ccc(Cl)c(Cl)c3)CC2)cc1. The summed E-state index contributed by atoms with van der Waals surface area (Å²) < 4.78 is 5.11. The molecule has 2 aromatic rings. The number of benzene rings is 2. The maximum absolute atomic E-state index is 12.6. The number of anilines is 1. The van der Waals surface area contributed by atoms with Crippen molar-refractivity contribution in [2.75, 3.05) is 25.5 Å². The highest BCUT2D eigenvalue weighted by atomic mass is 35.5. The Kier molecular flexibility index (Phi) is 6.24. The normalized spacial score (nSPS) is 14.7. The van der Waals surface area contributed by atoms with E-state index in [4.69, 9.17) is 27.9 Å². The van der Waals surface area contributed by atoms with E-state index >= 15 is 0 Å². The van der Waals surface area contributed by atoms with Crippen LogP contribution < -0.4 is 10.1 Å². The van der Waals surface area contributed by atoms with E-state index in [-0.39, 0.29) is 17.7 Å². The molecular formula is C20H20Cl2N2O3. The zero-order valence-corrected chi connectivity index (χ0v) is 16.4. The molecule has 0 radical (unpaired) electrons. The minimum Gasteiger partial charge on any atom is -0.497 e. The molecule has 0 unspecified atom stereocenters. The number of halogens is 2. The summed E-state index contributed by atoms with van der Waals surface area (Å²) in [5.74, 6) is 0.481. The van der Waals surface area contributed by atoms with Gasteiger partial charge in [-0.1, -0.05) is 23.2 Å². The average Bonchev–Trinajstić information content (AvgIpc) is 2.70. The third kappa shape index (κ3) is 4.73. The predicted octanol–water partition coefficient (Wildman–Crippen LogP) is 4.49. The lowest BCUT2D eigenvalue weighted by Crippen LogP contribution is -2.41. The Labute approximate surface area is 168 Å². The maximum Gasteiger partial charge on any atom is 0.253 e. The van der Waals surface area contributed by atoms with E-state index in [0.29, 0.717) is 53.0 Å². The van der Waals surface area contributed by atoms with E-state index in [2.05, 4.69) is 5.32 Å². The lowest BCUT2D eigenvalue weighted by Gasteiger charge is -2.31. The number of nitrogens with one attached hydrogen (secondary N) is 1. The van der Waals surface area contributed by atoms with Crippen LogP contribution in [0.4, 0.5) is 5.69 Å². The van der Waals surface area contributed by atoms with E-state index in [1.54, 1.807) is 54.5 Å². The fourth-order valence-corrected chi connectivity index (χ4v) is 3.38. The number of carbonyl (C=O) groups is 2. The van der Waals surface area contributed by atoms with Crippen molar-refractivity contribution in [1.82, 2.24) is 4.90 Å². The van der Waals surface area contributed by atoms with Crippen molar-refractivity contribution in [3.05, 3.63) is 58.1 Å². The van der Waals surface area contributed by atoms with Crippen LogP contribution in [0.2, 0.25) is 10.0 Å². The second kappa shape index (κ2) is 8.63. The Morgan fingerprint density at radius 2 is 1.70 bits per heavy atom. The summed E-state index contributed by atoms with van der Waals surface area (Å²) in [6.45, 7) is 1.09. The van der Waals surface area contributed by atoms with Crippen LogP contribution in [0, 0.1) is 5.92 Å². The highest BCUT2D eigenvalue weighted by molar-refractivity contribution is 6.42. The molecule has 1 aliphatic rings. The molecule has 1 heterocycles. The number of nitrogens with zero attached hydrogens (tertiary/aromatic N) is 1. The van der Waals surface area contributed by atoms with Gasteiger partial charge in [-0.25, -0.2) is 0 Å². The number of hydrogen-bond acceptors (Lipinski definition) is 3. The molecule has 2 aromatic carbocycles. The molecule has 0 spiro atoms. The molecule has 1 aliphatic heterocycles. The Morgan fingerprint density at radius 1 is 1.04 bits per heavy atom. The number of hydrogen-bond donors (Lipinski definition) is 1. The molecule has 2 amide bonds. The van der Waals surface area contributed by atoms with Crippen molar-refractivity contribution in [1.29, 1.82) is 0 Å². The lowest BCUT2D eigenvalue weighted by atomic mass is 9.95. The van der Waals surface area contributed by atoms with Crippen molar-refractivity contribution in [3.63, 3.8) is 0 Å². The summed E-state index contributed by atoms with van der Waals surface area (Å²) in [6.07, 6.45) is 1.24. The molecule has 7 heteroatoms. The molecule has 3 rings (SSSR count). The Bertz CT molecular complexity index is 832. The third-order valence-electron chi connectivity index (χ3n) is 4.68. The molecule has 0 atom stereocenters. The van der Waals surface area contributed by atoms with Crippen LogP contribution in [0.25, 0.3) is 0 Å². The molecule has 1 saturated heterocycles. The summed E-state index contributed by atoms with van der Waals surface area (Å²) in [4.78, 5) is 26.9. The fraction of sp³-hybridized carbons (Fsp3) is 0.300. The highest BCUT2D eigenvalue weighted by Gasteiger charge is 2.28. The predicted molar refractivity (Wildman–Crippen MR) is 107 cm³/mol. The largest absolute Gasteiger partial charge is 0.497 e. The average molecular weight is 407 g/mol. The van der Waals surface area contributed by atoms with E-state index < -0.39 is 0 Å². The summed E-state index contributed by atoms with van der Waals surface area (Å²) in [5, 5.41) is 3.71. The van der Waals surface area contributed by atoms with Gasteiger partial charge in [0.1, 0.15) is 5.75 Å². The second-order valence-corrected chi connectivity index (χ2v) is 7.23. The van der Waals surface area contributed by atoms with E-state index in [0.717, 1.165) is 0 Å². The molecule has 142 valence electrons. The highest BCUT2D eigenvalue weighted by Crippen LogP contribution is 2.26. The second-order valence-electron chi connectivity index (χ2n) is 6.41. The number of amides is 2. The fourth-order valence-electron chi connectivity index (χ4n) is 3.08. The number of methoxy groups -OCH3 is 1. The minimum absolute atomic E-state index is 0.0269. The first kappa shape index (κ1) is 19.5. The van der Waals surface area contributed by atoms with Crippen molar-refractivity contribution < 1.29 is 14.3 Å². The van der Waals surface area contributed by atoms with E-state index in [9.17, 15) is 9.59 Å². The van der Waals surface area contributed by atoms with Crippen LogP contribution >= 0.6 is 23.2 Å². The molecular weight excluding hydrogens is 387 g/mol. The first-order chi connectivity index (χ1) is 13.0. The first-order valence-electron chi connectivity index (χ1n) is 8.67. The van der Waals surface area contributed by atoms with Gasteiger partial charge in [0.15, 0.2) is 0 Å². The monoisotopic (exact) mass is 406 g/mol. The Morgan fingerprint density at radius 3 is 2.30 bits per heavy atom. The molecule has 0 saturated carbocycles. The zero-order chi connectivity index (χ0) is 19.4. The van der Waals surface area contributed by atoms with Gasteiger partial charge >= 0.3 is 0 Å². The van der Waals surface area contributed by atoms with Gasteiger partial charge in [-0.05, 0) is 55.3 Å². The molecule has 1 N–H and O–H groups in total. The smallest absolute Gasteiger partial charge is 0.253 e. The summed E-state index contributed by atoms with van der Waals surface area (Å²) in [5.41, 5.74) is 1.24. The van der Waals surface area contributed by atoms with Gasteiger partial charge in [0.05, 0.1) is 17.2 Å². The van der Waals surface area contributed by atoms with Crippen LogP contribution in [-0.4, -0.2) is 36.9 Å². The molecule has 0 bridgehead atoms. The van der Waals surface area contributed by atoms with Gasteiger partial charge in [0.2, 0.25) is 5.91 Å². The van der Waals surface area contributed by atoms with Gasteiger partial charge in [0, 0.05) is 30.3 Å². The number of ether oxygens (including phenoxy) is 1. The van der Waals surface area contributed by atoms with Gasteiger partial charge in [0.25, 0.3) is 5.91 Å². The summed E-state index contributed by atoms with van der Waals surface area (Å²) >= 11 is 11.9. The maximum atomic E-state index is 12.6. The molecule has 0 aromatic heterocycles. The summed E-state index contributed by atoms with van der Waals surface area (Å²) in [7, 11) is 1.59. The number of likely N-dealkylation sites (tertiary alicyclic amines) is 1. The van der Waals surface area contributed by atoms with Gasteiger partial charge in [-0.2, -0.15) is 0 Å². The van der Waals surface area contributed by atoms with Crippen LogP contribution in [-0.2, 0) is 4.79 Å². The van der Waals surface area contributed by atoms with Gasteiger partial charge in [-0.15, -0.1) is 0 Å². The lowest BCUT2D eigenvalue weighted by molar-refractivity contribution is -0.121. The Balaban J connectivity index is 1.55. The standard InChI is InChI=1S/C20H20Cl2N2O3/c1-27-16-5-2-14(3-6-16)20(26)24-10-8-13(9-11-24)19(25)23-15-4-7-17(21)18(22)12-15/h2-7,12-13H,8-11H2,1H3,(H,23,25). The number of piperidine rings is 1. The number of rotatable bonds is 4. The van der Waals surface area contributed by atoms with Crippen LogP contribution in [0.3, 0.4) is 0 Å². The summed E-state index contributed by atoms with van der Waals surface area (Å²) in [6, 6.07) is 12.0. The minimum atomic E-state index is -0.139. The Hall–Kier alpha value is -2.24. The van der Waals surface area contributed by atoms with Crippen molar-refractivity contribution in [3.8, 4) is 5.75 Å². The van der Waals surface area contributed by atoms with Crippen molar-refractivity contribution in [2.45, 2.75) is 12.8 Å². The van der Waals surface area contributed by atoms with E-state index in [1.807, 2.05) is 0 Å².